The number of carbonyl (C=O) groups is 3. The third-order valence-corrected chi connectivity index (χ3v) is 4.60. The molecule has 1 aliphatic heterocycles. The Morgan fingerprint density at radius 1 is 1.15 bits per heavy atom. The van der Waals surface area contributed by atoms with E-state index in [2.05, 4.69) is 0 Å². The Morgan fingerprint density at radius 3 is 2.48 bits per heavy atom. The molecule has 8 heteroatoms. The van der Waals surface area contributed by atoms with Gasteiger partial charge in [-0.3, -0.25) is 14.5 Å². The van der Waals surface area contributed by atoms with Crippen LogP contribution in [0.25, 0.3) is 6.08 Å². The summed E-state index contributed by atoms with van der Waals surface area (Å²) >= 11 is 0.786. The minimum absolute atomic E-state index is 0.180. The van der Waals surface area contributed by atoms with Crippen molar-refractivity contribution in [3.8, 4) is 11.5 Å². The zero-order valence-corrected chi connectivity index (χ0v) is 16.6. The molecule has 0 saturated carbocycles. The first-order valence-corrected chi connectivity index (χ1v) is 9.57. The zero-order chi connectivity index (χ0) is 20.0. The summed E-state index contributed by atoms with van der Waals surface area (Å²) in [6.07, 6.45) is 1.59. The zero-order valence-electron chi connectivity index (χ0n) is 15.8. The second kappa shape index (κ2) is 9.45. The van der Waals surface area contributed by atoms with Crippen LogP contribution in [0.5, 0.6) is 11.5 Å². The van der Waals surface area contributed by atoms with E-state index in [0.717, 1.165) is 16.7 Å². The highest BCUT2D eigenvalue weighted by Gasteiger charge is 2.41. The first-order valence-electron chi connectivity index (χ1n) is 8.76. The number of nitrogens with zero attached hydrogens (tertiary/aromatic N) is 1. The number of esters is 1. The molecule has 2 rings (SSSR count). The molecule has 0 bridgehead atoms. The number of hydrogen-bond donors (Lipinski definition) is 0. The molecular weight excluding hydrogens is 370 g/mol. The summed E-state index contributed by atoms with van der Waals surface area (Å²) in [5.41, 5.74) is 0.648. The van der Waals surface area contributed by atoms with Gasteiger partial charge in [-0.1, -0.05) is 0 Å². The molecule has 1 heterocycles. The third kappa shape index (κ3) is 4.82. The van der Waals surface area contributed by atoms with Crippen molar-refractivity contribution in [1.29, 1.82) is 0 Å². The molecule has 1 aromatic carbocycles. The third-order valence-electron chi connectivity index (χ3n) is 3.72. The fourth-order valence-electron chi connectivity index (χ4n) is 2.49. The molecule has 2 amide bonds. The van der Waals surface area contributed by atoms with Gasteiger partial charge in [0.2, 0.25) is 0 Å². The molecule has 1 fully saturated rings. The van der Waals surface area contributed by atoms with Crippen LogP contribution in [0.2, 0.25) is 0 Å². The molecule has 27 heavy (non-hydrogen) atoms. The molecule has 0 radical (unpaired) electrons. The molecule has 0 spiro atoms. The van der Waals surface area contributed by atoms with Crippen LogP contribution in [-0.4, -0.2) is 47.9 Å². The summed E-state index contributed by atoms with van der Waals surface area (Å²) in [4.78, 5) is 37.9. The topological polar surface area (TPSA) is 82.1 Å². The number of carbonyl (C=O) groups excluding carboxylic acids is 3. The number of rotatable bonds is 8. The Balaban J connectivity index is 2.30. The number of benzene rings is 1. The van der Waals surface area contributed by atoms with Gasteiger partial charge in [0.15, 0.2) is 0 Å². The van der Waals surface area contributed by atoms with E-state index in [1.54, 1.807) is 31.2 Å². The van der Waals surface area contributed by atoms with Gasteiger partial charge in [-0.15, -0.1) is 0 Å². The molecule has 1 atom stereocenters. The maximum absolute atomic E-state index is 12.7. The number of hydrogen-bond acceptors (Lipinski definition) is 7. The van der Waals surface area contributed by atoms with E-state index in [9.17, 15) is 14.4 Å². The molecule has 1 saturated heterocycles. The predicted molar refractivity (Wildman–Crippen MR) is 103 cm³/mol. The molecule has 7 nitrogen and oxygen atoms in total. The van der Waals surface area contributed by atoms with Crippen LogP contribution >= 0.6 is 11.8 Å². The van der Waals surface area contributed by atoms with E-state index >= 15 is 0 Å². The molecule has 1 aliphatic rings. The van der Waals surface area contributed by atoms with Crippen LogP contribution in [0.4, 0.5) is 4.79 Å². The first kappa shape index (κ1) is 20.8. The lowest BCUT2D eigenvalue weighted by atomic mass is 10.1. The van der Waals surface area contributed by atoms with Crippen LogP contribution in [0.1, 0.15) is 33.3 Å². The minimum atomic E-state index is -0.977. The Morgan fingerprint density at radius 2 is 1.85 bits per heavy atom. The number of amides is 2. The Hall–Kier alpha value is -2.48. The second-order valence-electron chi connectivity index (χ2n) is 5.55. The van der Waals surface area contributed by atoms with Crippen molar-refractivity contribution in [2.75, 3.05) is 19.8 Å². The lowest BCUT2D eigenvalue weighted by Gasteiger charge is -2.19. The van der Waals surface area contributed by atoms with Crippen LogP contribution in [0.3, 0.4) is 0 Å². The average Bonchev–Trinajstić information content (AvgIpc) is 2.91. The fraction of sp³-hybridized carbons (Fsp3) is 0.421. The SMILES string of the molecule is CCOC(=O)C(C)N1C(=O)SC(=Cc2ccc(OCC)cc2OCC)C1=O. The van der Waals surface area contributed by atoms with Gasteiger partial charge in [0, 0.05) is 11.6 Å². The Labute approximate surface area is 162 Å². The predicted octanol–water partition coefficient (Wildman–Crippen LogP) is 3.47. The van der Waals surface area contributed by atoms with Crippen molar-refractivity contribution in [2.24, 2.45) is 0 Å². The Kier molecular flexibility index (Phi) is 7.29. The van der Waals surface area contributed by atoms with Crippen LogP contribution in [-0.2, 0) is 14.3 Å². The monoisotopic (exact) mass is 393 g/mol. The van der Waals surface area contributed by atoms with Gasteiger partial charge in [0.05, 0.1) is 24.7 Å². The maximum atomic E-state index is 12.7. The van der Waals surface area contributed by atoms with Crippen molar-refractivity contribution < 1.29 is 28.6 Å². The van der Waals surface area contributed by atoms with Crippen molar-refractivity contribution in [3.63, 3.8) is 0 Å². The van der Waals surface area contributed by atoms with Gasteiger partial charge in [-0.05, 0) is 57.7 Å². The summed E-state index contributed by atoms with van der Waals surface area (Å²) in [6, 6.07) is 4.29. The van der Waals surface area contributed by atoms with Crippen LogP contribution in [0, 0.1) is 0 Å². The average molecular weight is 393 g/mol. The van der Waals surface area contributed by atoms with Gasteiger partial charge in [-0.25, -0.2) is 4.79 Å². The van der Waals surface area contributed by atoms with E-state index in [1.807, 2.05) is 13.8 Å². The molecular formula is C19H23NO6S. The van der Waals surface area contributed by atoms with Gasteiger partial charge >= 0.3 is 5.97 Å². The highest BCUT2D eigenvalue weighted by atomic mass is 32.2. The van der Waals surface area contributed by atoms with E-state index in [0.29, 0.717) is 30.3 Å². The molecule has 146 valence electrons. The van der Waals surface area contributed by atoms with E-state index in [4.69, 9.17) is 14.2 Å². The summed E-state index contributed by atoms with van der Waals surface area (Å²) in [6.45, 7) is 8.02. The highest BCUT2D eigenvalue weighted by Crippen LogP contribution is 2.36. The maximum Gasteiger partial charge on any atom is 0.329 e. The fourth-order valence-corrected chi connectivity index (χ4v) is 3.39. The largest absolute Gasteiger partial charge is 0.494 e. The van der Waals surface area contributed by atoms with E-state index in [-0.39, 0.29) is 11.5 Å². The highest BCUT2D eigenvalue weighted by molar-refractivity contribution is 8.18. The number of thioether (sulfide) groups is 1. The Bertz CT molecular complexity index is 761. The standard InChI is InChI=1S/C19H23NO6S/c1-5-24-14-9-8-13(15(11-14)25-6-2)10-16-17(21)20(19(23)27-16)12(4)18(22)26-7-3/h8-12H,5-7H2,1-4H3. The molecule has 0 N–H and O–H groups in total. The summed E-state index contributed by atoms with van der Waals surface area (Å²) in [5, 5.41) is -0.504. The number of imide groups is 1. The normalized spacial score (nSPS) is 16.6. The van der Waals surface area contributed by atoms with Crippen molar-refractivity contribution in [2.45, 2.75) is 33.7 Å². The van der Waals surface area contributed by atoms with Gasteiger partial charge < -0.3 is 14.2 Å². The van der Waals surface area contributed by atoms with Crippen molar-refractivity contribution in [1.82, 2.24) is 4.90 Å². The number of ether oxygens (including phenoxy) is 3. The smallest absolute Gasteiger partial charge is 0.329 e. The summed E-state index contributed by atoms with van der Waals surface area (Å²) in [5.74, 6) is 0.0647. The van der Waals surface area contributed by atoms with E-state index < -0.39 is 23.2 Å². The lowest BCUT2D eigenvalue weighted by Crippen LogP contribution is -2.42. The van der Waals surface area contributed by atoms with Gasteiger partial charge in [0.1, 0.15) is 17.5 Å². The van der Waals surface area contributed by atoms with Crippen LogP contribution < -0.4 is 9.47 Å². The summed E-state index contributed by atoms with van der Waals surface area (Å²) in [7, 11) is 0. The first-order chi connectivity index (χ1) is 12.9. The molecule has 1 unspecified atom stereocenters. The molecule has 0 aromatic heterocycles. The van der Waals surface area contributed by atoms with Gasteiger partial charge in [0.25, 0.3) is 11.1 Å². The molecule has 1 aromatic rings. The summed E-state index contributed by atoms with van der Waals surface area (Å²) < 4.78 is 16.0. The molecule has 0 aliphatic carbocycles. The van der Waals surface area contributed by atoms with Crippen molar-refractivity contribution in [3.05, 3.63) is 28.7 Å². The van der Waals surface area contributed by atoms with Gasteiger partial charge in [-0.2, -0.15) is 0 Å². The lowest BCUT2D eigenvalue weighted by molar-refractivity contribution is -0.150. The van der Waals surface area contributed by atoms with Crippen molar-refractivity contribution >= 4 is 35.0 Å². The second-order valence-corrected chi connectivity index (χ2v) is 6.54. The minimum Gasteiger partial charge on any atom is -0.494 e. The van der Waals surface area contributed by atoms with E-state index in [1.165, 1.54) is 6.92 Å². The van der Waals surface area contributed by atoms with Crippen LogP contribution in [0.15, 0.2) is 23.1 Å². The quantitative estimate of drug-likeness (QED) is 0.494.